The molecule has 1 aromatic rings. The highest BCUT2D eigenvalue weighted by Crippen LogP contribution is 2.32. The molecule has 1 amide bonds. The van der Waals surface area contributed by atoms with Gasteiger partial charge < -0.3 is 16.3 Å². The number of carbonyl (C=O) groups excluding carboxylic acids is 1. The Morgan fingerprint density at radius 2 is 2.33 bits per heavy atom. The highest BCUT2D eigenvalue weighted by Gasteiger charge is 2.29. The van der Waals surface area contributed by atoms with Crippen LogP contribution >= 0.6 is 0 Å². The monoisotopic (exact) mass is 248 g/mol. The van der Waals surface area contributed by atoms with Crippen LogP contribution in [0.4, 0.5) is 0 Å². The van der Waals surface area contributed by atoms with Crippen molar-refractivity contribution in [2.75, 3.05) is 0 Å². The molecule has 0 radical (unpaired) electrons. The molecule has 6 nitrogen and oxygen atoms in total. The number of hydrogen-bond acceptors (Lipinski definition) is 4. The van der Waals surface area contributed by atoms with Crippen molar-refractivity contribution in [1.82, 2.24) is 10.3 Å². The molecular formula is C12H16N4O2. The van der Waals surface area contributed by atoms with Gasteiger partial charge in [0.05, 0.1) is 0 Å². The highest BCUT2D eigenvalue weighted by atomic mass is 16.4. The first kappa shape index (κ1) is 12.3. The predicted octanol–water partition coefficient (Wildman–Crippen LogP) is 0.704. The third kappa shape index (κ3) is 2.77. The number of amides is 1. The summed E-state index contributed by atoms with van der Waals surface area (Å²) in [6.45, 7) is 2.00. The van der Waals surface area contributed by atoms with Crippen molar-refractivity contribution >= 4 is 11.7 Å². The number of nitrogens with two attached hydrogens (primary N) is 1. The number of hydrogen-bond donors (Lipinski definition) is 3. The number of oxime groups is 1. The van der Waals surface area contributed by atoms with Crippen LogP contribution < -0.4 is 11.1 Å². The minimum absolute atomic E-state index is 0.0270. The van der Waals surface area contributed by atoms with Gasteiger partial charge in [0.25, 0.3) is 5.91 Å². The van der Waals surface area contributed by atoms with Crippen LogP contribution in [0.2, 0.25) is 0 Å². The first-order chi connectivity index (χ1) is 8.61. The Kier molecular flexibility index (Phi) is 3.45. The molecule has 1 saturated carbocycles. The average Bonchev–Trinajstić information content (AvgIpc) is 3.22. The molecule has 1 heterocycles. The number of rotatable bonds is 4. The molecule has 1 aromatic heterocycles. The Hall–Kier alpha value is -2.11. The van der Waals surface area contributed by atoms with E-state index in [4.69, 9.17) is 10.9 Å². The fraction of sp³-hybridized carbons (Fsp3) is 0.417. The molecule has 2 rings (SSSR count). The summed E-state index contributed by atoms with van der Waals surface area (Å²) in [5, 5.41) is 14.3. The number of pyridine rings is 1. The fourth-order valence-corrected chi connectivity index (χ4v) is 1.73. The molecule has 0 aliphatic heterocycles. The topological polar surface area (TPSA) is 101 Å². The zero-order valence-corrected chi connectivity index (χ0v) is 10.1. The molecular weight excluding hydrogens is 232 g/mol. The lowest BCUT2D eigenvalue weighted by atomic mass is 10.2. The van der Waals surface area contributed by atoms with Crippen molar-refractivity contribution < 1.29 is 10.0 Å². The van der Waals surface area contributed by atoms with Gasteiger partial charge in [0.1, 0.15) is 5.69 Å². The number of nitrogens with zero attached hydrogens (tertiary/aromatic N) is 2. The molecule has 18 heavy (non-hydrogen) atoms. The zero-order valence-electron chi connectivity index (χ0n) is 10.1. The molecule has 0 aromatic carbocycles. The minimum Gasteiger partial charge on any atom is -0.409 e. The molecule has 1 atom stereocenters. The van der Waals surface area contributed by atoms with Crippen molar-refractivity contribution in [1.29, 1.82) is 0 Å². The first-order valence-electron chi connectivity index (χ1n) is 5.86. The number of aromatic nitrogens is 1. The molecule has 1 fully saturated rings. The maximum Gasteiger partial charge on any atom is 0.270 e. The summed E-state index contributed by atoms with van der Waals surface area (Å²) in [6.07, 6.45) is 3.76. The maximum absolute atomic E-state index is 11.9. The van der Waals surface area contributed by atoms with Crippen LogP contribution in [-0.4, -0.2) is 28.0 Å². The van der Waals surface area contributed by atoms with Gasteiger partial charge in [0, 0.05) is 17.8 Å². The zero-order chi connectivity index (χ0) is 13.1. The number of nitrogens with one attached hydrogen (secondary N) is 1. The van der Waals surface area contributed by atoms with Crippen LogP contribution in [0.15, 0.2) is 23.5 Å². The SMILES string of the molecule is CC(NC(=O)c1ccc(C(N)=NO)cn1)C1CC1. The van der Waals surface area contributed by atoms with Crippen LogP contribution in [0.25, 0.3) is 0 Å². The van der Waals surface area contributed by atoms with Gasteiger partial charge in [-0.15, -0.1) is 0 Å². The summed E-state index contributed by atoms with van der Waals surface area (Å²) in [7, 11) is 0. The van der Waals surface area contributed by atoms with E-state index in [0.29, 0.717) is 17.2 Å². The number of carbonyl (C=O) groups is 1. The van der Waals surface area contributed by atoms with E-state index < -0.39 is 0 Å². The van der Waals surface area contributed by atoms with Crippen molar-refractivity contribution in [2.45, 2.75) is 25.8 Å². The van der Waals surface area contributed by atoms with Crippen LogP contribution in [0.1, 0.15) is 35.8 Å². The van der Waals surface area contributed by atoms with E-state index in [9.17, 15) is 4.79 Å². The maximum atomic E-state index is 11.9. The van der Waals surface area contributed by atoms with E-state index in [-0.39, 0.29) is 17.8 Å². The lowest BCUT2D eigenvalue weighted by molar-refractivity contribution is 0.0931. The van der Waals surface area contributed by atoms with Gasteiger partial charge in [0.2, 0.25) is 0 Å². The van der Waals surface area contributed by atoms with Crippen molar-refractivity contribution in [3.63, 3.8) is 0 Å². The Labute approximate surface area is 105 Å². The second-order valence-electron chi connectivity index (χ2n) is 4.52. The largest absolute Gasteiger partial charge is 0.409 e. The summed E-state index contributed by atoms with van der Waals surface area (Å²) in [4.78, 5) is 15.8. The molecule has 6 heteroatoms. The fourth-order valence-electron chi connectivity index (χ4n) is 1.73. The second kappa shape index (κ2) is 5.03. The normalized spacial score (nSPS) is 17.3. The van der Waals surface area contributed by atoms with E-state index in [1.807, 2.05) is 6.92 Å². The van der Waals surface area contributed by atoms with Gasteiger partial charge in [0.15, 0.2) is 5.84 Å². The molecule has 0 bridgehead atoms. The smallest absolute Gasteiger partial charge is 0.270 e. The molecule has 1 unspecified atom stereocenters. The molecule has 1 aliphatic rings. The lowest BCUT2D eigenvalue weighted by Gasteiger charge is -2.12. The van der Waals surface area contributed by atoms with Crippen molar-refractivity contribution in [2.24, 2.45) is 16.8 Å². The summed E-state index contributed by atoms with van der Waals surface area (Å²) in [5.74, 6) is 0.381. The Morgan fingerprint density at radius 1 is 1.61 bits per heavy atom. The minimum atomic E-state index is -0.194. The van der Waals surface area contributed by atoms with Crippen LogP contribution in [0.5, 0.6) is 0 Å². The second-order valence-corrected chi connectivity index (χ2v) is 4.52. The van der Waals surface area contributed by atoms with Gasteiger partial charge in [-0.05, 0) is 37.8 Å². The van der Waals surface area contributed by atoms with Gasteiger partial charge >= 0.3 is 0 Å². The molecule has 0 saturated heterocycles. The van der Waals surface area contributed by atoms with Crippen LogP contribution in [0, 0.1) is 5.92 Å². The highest BCUT2D eigenvalue weighted by molar-refractivity contribution is 5.98. The van der Waals surface area contributed by atoms with Gasteiger partial charge in [-0.1, -0.05) is 5.16 Å². The third-order valence-electron chi connectivity index (χ3n) is 3.09. The Balaban J connectivity index is 2.02. The molecule has 96 valence electrons. The molecule has 4 N–H and O–H groups in total. The van der Waals surface area contributed by atoms with Crippen LogP contribution in [-0.2, 0) is 0 Å². The Morgan fingerprint density at radius 3 is 2.83 bits per heavy atom. The third-order valence-corrected chi connectivity index (χ3v) is 3.09. The van der Waals surface area contributed by atoms with Gasteiger partial charge in [-0.2, -0.15) is 0 Å². The van der Waals surface area contributed by atoms with E-state index >= 15 is 0 Å². The van der Waals surface area contributed by atoms with E-state index in [1.165, 1.54) is 19.0 Å². The molecule has 0 spiro atoms. The Bertz CT molecular complexity index is 465. The summed E-state index contributed by atoms with van der Waals surface area (Å²) < 4.78 is 0. The summed E-state index contributed by atoms with van der Waals surface area (Å²) in [5.41, 5.74) is 6.22. The predicted molar refractivity (Wildman–Crippen MR) is 66.4 cm³/mol. The van der Waals surface area contributed by atoms with E-state index in [2.05, 4.69) is 15.5 Å². The van der Waals surface area contributed by atoms with E-state index in [0.717, 1.165) is 0 Å². The summed E-state index contributed by atoms with van der Waals surface area (Å²) >= 11 is 0. The number of amidine groups is 1. The van der Waals surface area contributed by atoms with Crippen molar-refractivity contribution in [3.8, 4) is 0 Å². The van der Waals surface area contributed by atoms with Gasteiger partial charge in [-0.25, -0.2) is 0 Å². The average molecular weight is 248 g/mol. The molecule has 1 aliphatic carbocycles. The lowest BCUT2D eigenvalue weighted by Crippen LogP contribution is -2.34. The van der Waals surface area contributed by atoms with Crippen molar-refractivity contribution in [3.05, 3.63) is 29.6 Å². The standard InChI is InChI=1S/C12H16N4O2/c1-7(8-2-3-8)15-12(17)10-5-4-9(6-14-10)11(13)16-18/h4-8,18H,2-3H2,1H3,(H2,13,16)(H,15,17). The van der Waals surface area contributed by atoms with Crippen LogP contribution in [0.3, 0.4) is 0 Å². The summed E-state index contributed by atoms with van der Waals surface area (Å²) in [6, 6.07) is 3.34. The van der Waals surface area contributed by atoms with E-state index in [1.54, 1.807) is 12.1 Å². The quantitative estimate of drug-likeness (QED) is 0.316. The van der Waals surface area contributed by atoms with Gasteiger partial charge in [-0.3, -0.25) is 9.78 Å². The first-order valence-corrected chi connectivity index (χ1v) is 5.86.